The summed E-state index contributed by atoms with van der Waals surface area (Å²) in [7, 11) is 0. The van der Waals surface area contributed by atoms with Gasteiger partial charge >= 0.3 is 6.09 Å². The topological polar surface area (TPSA) is 54.5 Å². The lowest BCUT2D eigenvalue weighted by Gasteiger charge is -2.26. The van der Waals surface area contributed by atoms with Gasteiger partial charge in [-0.05, 0) is 67.7 Å². The van der Waals surface area contributed by atoms with Crippen LogP contribution in [0.1, 0.15) is 39.2 Å². The molecule has 1 unspecified atom stereocenters. The second kappa shape index (κ2) is 7.42. The third kappa shape index (κ3) is 5.57. The van der Waals surface area contributed by atoms with Gasteiger partial charge in [-0.3, -0.25) is 4.90 Å². The van der Waals surface area contributed by atoms with Crippen LogP contribution in [0.25, 0.3) is 0 Å². The molecule has 1 aliphatic rings. The molecule has 1 amide bonds. The third-order valence-corrected chi connectivity index (χ3v) is 4.02. The first-order valence-corrected chi connectivity index (χ1v) is 8.44. The zero-order valence-corrected chi connectivity index (χ0v) is 15.0. The third-order valence-electron chi connectivity index (χ3n) is 3.55. The van der Waals surface area contributed by atoms with Gasteiger partial charge < -0.3 is 10.1 Å². The minimum Gasteiger partial charge on any atom is -0.444 e. The molecule has 0 bridgehead atoms. The van der Waals surface area contributed by atoms with Crippen molar-refractivity contribution in [3.63, 3.8) is 0 Å². The maximum atomic E-state index is 11.8. The van der Waals surface area contributed by atoms with E-state index in [2.05, 4.69) is 37.2 Å². The molecule has 6 heteroatoms. The molecule has 0 radical (unpaired) electrons. The Labute approximate surface area is 140 Å². The number of carbonyl (C=O) groups excluding carboxylic acids is 1. The lowest BCUT2D eigenvalue weighted by molar-refractivity contribution is 0.0512. The smallest absolute Gasteiger partial charge is 0.407 e. The molecule has 1 N–H and O–H groups in total. The second-order valence-electron chi connectivity index (χ2n) is 6.64. The average Bonchev–Trinajstić information content (AvgIpc) is 2.84. The summed E-state index contributed by atoms with van der Waals surface area (Å²) >= 11 is 3.35. The van der Waals surface area contributed by atoms with Gasteiger partial charge in [-0.2, -0.15) is 0 Å². The zero-order valence-electron chi connectivity index (χ0n) is 13.4. The van der Waals surface area contributed by atoms with Crippen LogP contribution >= 0.6 is 15.9 Å². The average molecular weight is 370 g/mol. The normalized spacial score (nSPS) is 19.2. The summed E-state index contributed by atoms with van der Waals surface area (Å²) in [5.41, 5.74) is 0.732. The largest absolute Gasteiger partial charge is 0.444 e. The van der Waals surface area contributed by atoms with Crippen LogP contribution in [0.5, 0.6) is 0 Å². The number of ether oxygens (including phenoxy) is 1. The molecule has 2 heterocycles. The zero-order chi connectivity index (χ0) is 16.2. The summed E-state index contributed by atoms with van der Waals surface area (Å²) in [6.45, 7) is 8.15. The molecule has 2 rings (SSSR count). The quantitative estimate of drug-likeness (QED) is 0.826. The minimum atomic E-state index is -0.456. The summed E-state index contributed by atoms with van der Waals surface area (Å²) in [6.07, 6.45) is 3.80. The predicted molar refractivity (Wildman–Crippen MR) is 89.6 cm³/mol. The van der Waals surface area contributed by atoms with Gasteiger partial charge in [0.05, 0.1) is 0 Å². The van der Waals surface area contributed by atoms with Crippen LogP contribution in [-0.4, -0.2) is 40.7 Å². The van der Waals surface area contributed by atoms with Crippen LogP contribution in [0.2, 0.25) is 0 Å². The Morgan fingerprint density at radius 1 is 1.50 bits per heavy atom. The van der Waals surface area contributed by atoms with Crippen molar-refractivity contribution in [1.82, 2.24) is 15.2 Å². The number of pyridine rings is 1. The Balaban J connectivity index is 1.83. The van der Waals surface area contributed by atoms with Crippen molar-refractivity contribution < 1.29 is 9.53 Å². The molecule has 1 fully saturated rings. The van der Waals surface area contributed by atoms with Crippen LogP contribution in [0, 0.1) is 0 Å². The van der Waals surface area contributed by atoms with Crippen molar-refractivity contribution in [2.45, 2.75) is 51.8 Å². The first kappa shape index (κ1) is 17.2. The summed E-state index contributed by atoms with van der Waals surface area (Å²) < 4.78 is 6.13. The van der Waals surface area contributed by atoms with Crippen LogP contribution in [0.15, 0.2) is 22.9 Å². The molecule has 0 spiro atoms. The van der Waals surface area contributed by atoms with E-state index in [0.29, 0.717) is 12.6 Å². The molecule has 1 atom stereocenters. The van der Waals surface area contributed by atoms with E-state index >= 15 is 0 Å². The van der Waals surface area contributed by atoms with Gasteiger partial charge in [0.15, 0.2) is 0 Å². The molecule has 0 aliphatic carbocycles. The molecule has 22 heavy (non-hydrogen) atoms. The summed E-state index contributed by atoms with van der Waals surface area (Å²) in [5.74, 6) is 0. The second-order valence-corrected chi connectivity index (χ2v) is 7.45. The van der Waals surface area contributed by atoms with Crippen molar-refractivity contribution in [3.05, 3.63) is 28.5 Å². The van der Waals surface area contributed by atoms with E-state index in [1.807, 2.05) is 33.0 Å². The van der Waals surface area contributed by atoms with Gasteiger partial charge in [0.2, 0.25) is 0 Å². The SMILES string of the molecule is CC(C)(C)OC(=O)NCC1CCCN1Cc1ccc(Br)nc1. The number of rotatable bonds is 4. The van der Waals surface area contributed by atoms with Crippen LogP contribution in [-0.2, 0) is 11.3 Å². The molecular weight excluding hydrogens is 346 g/mol. The van der Waals surface area contributed by atoms with Crippen molar-refractivity contribution in [1.29, 1.82) is 0 Å². The monoisotopic (exact) mass is 369 g/mol. The van der Waals surface area contributed by atoms with E-state index in [-0.39, 0.29) is 6.09 Å². The number of nitrogens with zero attached hydrogens (tertiary/aromatic N) is 2. The molecule has 0 aromatic carbocycles. The number of alkyl carbamates (subject to hydrolysis) is 1. The molecule has 122 valence electrons. The molecule has 1 aromatic heterocycles. The van der Waals surface area contributed by atoms with Gasteiger partial charge in [0.1, 0.15) is 10.2 Å². The number of halogens is 1. The fourth-order valence-electron chi connectivity index (χ4n) is 2.58. The summed E-state index contributed by atoms with van der Waals surface area (Å²) in [4.78, 5) is 18.4. The lowest BCUT2D eigenvalue weighted by atomic mass is 10.2. The van der Waals surface area contributed by atoms with Crippen molar-refractivity contribution in [3.8, 4) is 0 Å². The van der Waals surface area contributed by atoms with E-state index < -0.39 is 5.60 Å². The Hall–Kier alpha value is -1.14. The highest BCUT2D eigenvalue weighted by Crippen LogP contribution is 2.20. The fourth-order valence-corrected chi connectivity index (χ4v) is 2.82. The summed E-state index contributed by atoms with van der Waals surface area (Å²) in [5, 5.41) is 2.88. The number of aromatic nitrogens is 1. The Bertz CT molecular complexity index is 499. The first-order chi connectivity index (χ1) is 10.3. The van der Waals surface area contributed by atoms with E-state index in [0.717, 1.165) is 30.5 Å². The number of amides is 1. The van der Waals surface area contributed by atoms with Crippen LogP contribution in [0.3, 0.4) is 0 Å². The number of hydrogen-bond acceptors (Lipinski definition) is 4. The Kier molecular flexibility index (Phi) is 5.81. The highest BCUT2D eigenvalue weighted by Gasteiger charge is 2.25. The number of carbonyl (C=O) groups is 1. The standard InChI is InChI=1S/C16H24BrN3O2/c1-16(2,3)22-15(21)19-10-13-5-4-8-20(13)11-12-6-7-14(17)18-9-12/h6-7,9,13H,4-5,8,10-11H2,1-3H3,(H,19,21). The maximum absolute atomic E-state index is 11.8. The summed E-state index contributed by atoms with van der Waals surface area (Å²) in [6, 6.07) is 4.39. The van der Waals surface area contributed by atoms with Gasteiger partial charge in [0, 0.05) is 25.3 Å². The molecule has 1 saturated heterocycles. The Morgan fingerprint density at radius 2 is 2.27 bits per heavy atom. The lowest BCUT2D eigenvalue weighted by Crippen LogP contribution is -2.41. The maximum Gasteiger partial charge on any atom is 0.407 e. The number of likely N-dealkylation sites (tertiary alicyclic amines) is 1. The fraction of sp³-hybridized carbons (Fsp3) is 0.625. The van der Waals surface area contributed by atoms with Gasteiger partial charge in [-0.25, -0.2) is 9.78 Å². The number of nitrogens with one attached hydrogen (secondary N) is 1. The van der Waals surface area contributed by atoms with Crippen molar-refractivity contribution in [2.75, 3.05) is 13.1 Å². The molecule has 1 aliphatic heterocycles. The predicted octanol–water partition coefficient (Wildman–Crippen LogP) is 3.33. The highest BCUT2D eigenvalue weighted by molar-refractivity contribution is 9.10. The van der Waals surface area contributed by atoms with Crippen LogP contribution < -0.4 is 5.32 Å². The van der Waals surface area contributed by atoms with Gasteiger partial charge in [-0.1, -0.05) is 6.07 Å². The van der Waals surface area contributed by atoms with Gasteiger partial charge in [-0.15, -0.1) is 0 Å². The minimum absolute atomic E-state index is 0.343. The molecule has 5 nitrogen and oxygen atoms in total. The van der Waals surface area contributed by atoms with Crippen molar-refractivity contribution >= 4 is 22.0 Å². The molecule has 1 aromatic rings. The van der Waals surface area contributed by atoms with E-state index in [1.165, 1.54) is 5.56 Å². The van der Waals surface area contributed by atoms with Gasteiger partial charge in [0.25, 0.3) is 0 Å². The van der Waals surface area contributed by atoms with Crippen LogP contribution in [0.4, 0.5) is 4.79 Å². The van der Waals surface area contributed by atoms with Crippen molar-refractivity contribution in [2.24, 2.45) is 0 Å². The molecular formula is C16H24BrN3O2. The number of hydrogen-bond donors (Lipinski definition) is 1. The van der Waals surface area contributed by atoms with E-state index in [9.17, 15) is 4.79 Å². The van der Waals surface area contributed by atoms with E-state index in [1.54, 1.807) is 0 Å². The van der Waals surface area contributed by atoms with E-state index in [4.69, 9.17) is 4.74 Å². The molecule has 0 saturated carbocycles. The Morgan fingerprint density at radius 3 is 2.91 bits per heavy atom. The first-order valence-electron chi connectivity index (χ1n) is 7.65. The highest BCUT2D eigenvalue weighted by atomic mass is 79.9.